The number of esters is 1. The Kier molecular flexibility index (Phi) is 3.75. The molecule has 14 heavy (non-hydrogen) atoms. The molecule has 1 fully saturated rings. The van der Waals surface area contributed by atoms with Gasteiger partial charge in [-0.2, -0.15) is 0 Å². The van der Waals surface area contributed by atoms with E-state index in [-0.39, 0.29) is 29.6 Å². The normalized spacial score (nSPS) is 26.4. The number of amides is 1. The van der Waals surface area contributed by atoms with Crippen LogP contribution in [0.25, 0.3) is 0 Å². The molecule has 0 aromatic rings. The van der Waals surface area contributed by atoms with E-state index in [2.05, 4.69) is 4.74 Å². The summed E-state index contributed by atoms with van der Waals surface area (Å²) in [4.78, 5) is 24.2. The molecule has 0 aliphatic carbocycles. The summed E-state index contributed by atoms with van der Waals surface area (Å²) in [5.41, 5.74) is 0. The van der Waals surface area contributed by atoms with Crippen LogP contribution in [-0.4, -0.2) is 42.9 Å². The minimum Gasteiger partial charge on any atom is -0.469 e. The summed E-state index contributed by atoms with van der Waals surface area (Å²) in [6.07, 6.45) is 0. The van der Waals surface area contributed by atoms with E-state index in [1.165, 1.54) is 7.11 Å². The van der Waals surface area contributed by atoms with Gasteiger partial charge in [0.05, 0.1) is 13.0 Å². The summed E-state index contributed by atoms with van der Waals surface area (Å²) in [6.45, 7) is 2.95. The first-order valence-electron chi connectivity index (χ1n) is 4.51. The molecule has 2 atom stereocenters. The summed E-state index contributed by atoms with van der Waals surface area (Å²) >= 11 is 5.43. The Morgan fingerprint density at radius 3 is 2.64 bits per heavy atom. The number of rotatable bonds is 2. The molecule has 1 aliphatic rings. The summed E-state index contributed by atoms with van der Waals surface area (Å²) in [6, 6.07) is 0. The largest absolute Gasteiger partial charge is 0.469 e. The van der Waals surface area contributed by atoms with Crippen LogP contribution in [-0.2, 0) is 14.3 Å². The maximum Gasteiger partial charge on any atom is 0.310 e. The van der Waals surface area contributed by atoms with E-state index in [9.17, 15) is 9.59 Å². The third-order valence-corrected chi connectivity index (χ3v) is 2.81. The molecule has 1 heterocycles. The molecule has 0 aromatic heterocycles. The van der Waals surface area contributed by atoms with Gasteiger partial charge in [0.1, 0.15) is 5.88 Å². The predicted molar refractivity (Wildman–Crippen MR) is 52.0 cm³/mol. The predicted octanol–water partition coefficient (Wildman–Crippen LogP) is 0.493. The van der Waals surface area contributed by atoms with Gasteiger partial charge in [-0.25, -0.2) is 0 Å². The Morgan fingerprint density at radius 1 is 1.50 bits per heavy atom. The minimum absolute atomic E-state index is 0.0272. The van der Waals surface area contributed by atoms with Crippen molar-refractivity contribution in [3.8, 4) is 0 Å². The first-order chi connectivity index (χ1) is 6.60. The van der Waals surface area contributed by atoms with Crippen molar-refractivity contribution in [2.45, 2.75) is 6.92 Å². The first kappa shape index (κ1) is 11.3. The third-order valence-electron chi connectivity index (χ3n) is 2.58. The summed E-state index contributed by atoms with van der Waals surface area (Å²) < 4.78 is 4.66. The van der Waals surface area contributed by atoms with Crippen molar-refractivity contribution in [3.05, 3.63) is 0 Å². The number of methoxy groups -OCH3 is 1. The van der Waals surface area contributed by atoms with Gasteiger partial charge < -0.3 is 9.64 Å². The van der Waals surface area contributed by atoms with Crippen molar-refractivity contribution in [2.75, 3.05) is 26.1 Å². The number of likely N-dealkylation sites (tertiary alicyclic amines) is 1. The smallest absolute Gasteiger partial charge is 0.310 e. The van der Waals surface area contributed by atoms with E-state index in [0.717, 1.165) is 0 Å². The zero-order valence-corrected chi connectivity index (χ0v) is 9.08. The van der Waals surface area contributed by atoms with Gasteiger partial charge in [0, 0.05) is 13.1 Å². The van der Waals surface area contributed by atoms with E-state index in [1.807, 2.05) is 6.92 Å². The highest BCUT2D eigenvalue weighted by atomic mass is 35.5. The Balaban J connectivity index is 2.59. The lowest BCUT2D eigenvalue weighted by atomic mass is 9.99. The minimum atomic E-state index is -0.248. The van der Waals surface area contributed by atoms with Crippen LogP contribution in [0.2, 0.25) is 0 Å². The quantitative estimate of drug-likeness (QED) is 0.502. The van der Waals surface area contributed by atoms with Gasteiger partial charge >= 0.3 is 5.97 Å². The molecule has 2 unspecified atom stereocenters. The monoisotopic (exact) mass is 219 g/mol. The first-order valence-corrected chi connectivity index (χ1v) is 5.05. The van der Waals surface area contributed by atoms with E-state index >= 15 is 0 Å². The van der Waals surface area contributed by atoms with Crippen molar-refractivity contribution < 1.29 is 14.3 Å². The van der Waals surface area contributed by atoms with Crippen LogP contribution >= 0.6 is 11.6 Å². The number of carbonyl (C=O) groups is 2. The fourth-order valence-electron chi connectivity index (χ4n) is 1.71. The van der Waals surface area contributed by atoms with Crippen LogP contribution in [0.4, 0.5) is 0 Å². The van der Waals surface area contributed by atoms with Gasteiger partial charge in [-0.1, -0.05) is 6.92 Å². The van der Waals surface area contributed by atoms with Crippen LogP contribution in [0.15, 0.2) is 0 Å². The van der Waals surface area contributed by atoms with Crippen LogP contribution in [0.1, 0.15) is 6.92 Å². The Bertz CT molecular complexity index is 244. The van der Waals surface area contributed by atoms with Gasteiger partial charge in [-0.3, -0.25) is 9.59 Å². The van der Waals surface area contributed by atoms with Crippen molar-refractivity contribution in [2.24, 2.45) is 11.8 Å². The molecule has 0 spiro atoms. The lowest BCUT2D eigenvalue weighted by molar-refractivity contribution is -0.146. The van der Waals surface area contributed by atoms with Gasteiger partial charge in [-0.15, -0.1) is 11.6 Å². The van der Waals surface area contributed by atoms with Crippen molar-refractivity contribution in [1.29, 1.82) is 0 Å². The lowest BCUT2D eigenvalue weighted by Gasteiger charge is -2.13. The standard InChI is InChI=1S/C9H14ClNO3/c1-6-4-11(8(12)3-10)5-7(6)9(13)14-2/h6-7H,3-5H2,1-2H3. The third kappa shape index (κ3) is 2.18. The Hall–Kier alpha value is -0.770. The van der Waals surface area contributed by atoms with Crippen molar-refractivity contribution in [3.63, 3.8) is 0 Å². The Labute approximate surface area is 88.2 Å². The van der Waals surface area contributed by atoms with Gasteiger partial charge in [0.15, 0.2) is 0 Å². The molecule has 0 aromatic carbocycles. The number of hydrogen-bond acceptors (Lipinski definition) is 3. The highest BCUT2D eigenvalue weighted by molar-refractivity contribution is 6.27. The SMILES string of the molecule is COC(=O)C1CN(C(=O)CCl)CC1C. The van der Waals surface area contributed by atoms with Crippen LogP contribution in [0, 0.1) is 11.8 Å². The van der Waals surface area contributed by atoms with E-state index in [4.69, 9.17) is 11.6 Å². The molecule has 0 bridgehead atoms. The lowest BCUT2D eigenvalue weighted by Crippen LogP contribution is -2.30. The molecule has 5 heteroatoms. The second-order valence-corrected chi connectivity index (χ2v) is 3.81. The average Bonchev–Trinajstić information content (AvgIpc) is 2.58. The number of alkyl halides is 1. The number of hydrogen-bond donors (Lipinski definition) is 0. The molecule has 0 saturated carbocycles. The van der Waals surface area contributed by atoms with Crippen LogP contribution < -0.4 is 0 Å². The molecule has 1 aliphatic heterocycles. The topological polar surface area (TPSA) is 46.6 Å². The fourth-order valence-corrected chi connectivity index (χ4v) is 1.88. The van der Waals surface area contributed by atoms with E-state index in [1.54, 1.807) is 4.90 Å². The summed E-state index contributed by atoms with van der Waals surface area (Å²) in [7, 11) is 1.36. The molecule has 0 N–H and O–H groups in total. The van der Waals surface area contributed by atoms with E-state index < -0.39 is 0 Å². The van der Waals surface area contributed by atoms with Crippen LogP contribution in [0.3, 0.4) is 0 Å². The number of ether oxygens (including phenoxy) is 1. The molecule has 1 amide bonds. The van der Waals surface area contributed by atoms with Gasteiger partial charge in [0.2, 0.25) is 5.91 Å². The maximum atomic E-state index is 11.3. The molecule has 1 rings (SSSR count). The number of halogens is 1. The zero-order valence-electron chi connectivity index (χ0n) is 8.33. The Morgan fingerprint density at radius 2 is 2.14 bits per heavy atom. The molecule has 0 radical (unpaired) electrons. The number of nitrogens with zero attached hydrogens (tertiary/aromatic N) is 1. The average molecular weight is 220 g/mol. The maximum absolute atomic E-state index is 11.3. The number of carbonyl (C=O) groups excluding carboxylic acids is 2. The highest BCUT2D eigenvalue weighted by Gasteiger charge is 2.37. The fraction of sp³-hybridized carbons (Fsp3) is 0.778. The zero-order chi connectivity index (χ0) is 10.7. The summed E-state index contributed by atoms with van der Waals surface area (Å²) in [5, 5.41) is 0. The highest BCUT2D eigenvalue weighted by Crippen LogP contribution is 2.24. The van der Waals surface area contributed by atoms with Crippen molar-refractivity contribution in [1.82, 2.24) is 4.90 Å². The molecule has 1 saturated heterocycles. The summed E-state index contributed by atoms with van der Waals surface area (Å²) in [5.74, 6) is -0.449. The molecular weight excluding hydrogens is 206 g/mol. The second kappa shape index (κ2) is 4.64. The van der Waals surface area contributed by atoms with Crippen LogP contribution in [0.5, 0.6) is 0 Å². The molecule has 80 valence electrons. The van der Waals surface area contributed by atoms with E-state index in [0.29, 0.717) is 13.1 Å². The van der Waals surface area contributed by atoms with Gasteiger partial charge in [-0.05, 0) is 5.92 Å². The molecule has 4 nitrogen and oxygen atoms in total. The van der Waals surface area contributed by atoms with Crippen molar-refractivity contribution >= 4 is 23.5 Å². The van der Waals surface area contributed by atoms with Gasteiger partial charge in [0.25, 0.3) is 0 Å². The second-order valence-electron chi connectivity index (χ2n) is 3.54. The molecular formula is C9H14ClNO3.